The average Bonchev–Trinajstić information content (AvgIpc) is 2.91. The van der Waals surface area contributed by atoms with Crippen LogP contribution < -0.4 is 5.73 Å². The second kappa shape index (κ2) is 9.30. The number of ether oxygens (including phenoxy) is 2. The van der Waals surface area contributed by atoms with Crippen molar-refractivity contribution in [2.24, 2.45) is 11.1 Å². The minimum absolute atomic E-state index is 0. The van der Waals surface area contributed by atoms with Gasteiger partial charge in [-0.05, 0) is 26.8 Å². The number of hydrogen-bond acceptors (Lipinski definition) is 5. The Labute approximate surface area is 180 Å². The molecule has 3 atom stereocenters. The second-order valence-corrected chi connectivity index (χ2v) is 8.19. The fraction of sp³-hybridized carbons (Fsp3) is 0.789. The number of rotatable bonds is 5. The van der Waals surface area contributed by atoms with E-state index in [1.54, 1.807) is 0 Å². The number of amides is 1. The van der Waals surface area contributed by atoms with Gasteiger partial charge >= 0.3 is 0 Å². The molecule has 1 aliphatic heterocycles. The third kappa shape index (κ3) is 4.33. The Morgan fingerprint density at radius 2 is 2.07 bits per heavy atom. The first-order valence-electron chi connectivity index (χ1n) is 9.51. The van der Waals surface area contributed by atoms with Gasteiger partial charge in [-0.2, -0.15) is 5.10 Å². The smallest absolute Gasteiger partial charge is 0.243 e. The lowest BCUT2D eigenvalue weighted by molar-refractivity contribution is -0.184. The Bertz CT molecular complexity index is 682. The third-order valence-electron chi connectivity index (χ3n) is 6.12. The summed E-state index contributed by atoms with van der Waals surface area (Å²) in [6.07, 6.45) is 0.541. The van der Waals surface area contributed by atoms with Gasteiger partial charge in [0.25, 0.3) is 0 Å². The quantitative estimate of drug-likeness (QED) is 0.763. The van der Waals surface area contributed by atoms with E-state index < -0.39 is 5.54 Å². The summed E-state index contributed by atoms with van der Waals surface area (Å²) in [5.41, 5.74) is 7.42. The number of carbonyl (C=O) groups excluding carboxylic acids is 1. The zero-order chi connectivity index (χ0) is 19.1. The van der Waals surface area contributed by atoms with Crippen molar-refractivity contribution in [1.29, 1.82) is 0 Å². The number of hydrogen-bond donors (Lipinski definition) is 1. The van der Waals surface area contributed by atoms with E-state index in [2.05, 4.69) is 5.10 Å². The summed E-state index contributed by atoms with van der Waals surface area (Å²) >= 11 is 0. The van der Waals surface area contributed by atoms with E-state index in [0.717, 1.165) is 11.4 Å². The first-order chi connectivity index (χ1) is 12.2. The highest BCUT2D eigenvalue weighted by Crippen LogP contribution is 2.50. The van der Waals surface area contributed by atoms with Crippen LogP contribution in [0, 0.1) is 19.3 Å². The molecule has 28 heavy (non-hydrogen) atoms. The van der Waals surface area contributed by atoms with Crippen LogP contribution in [0.2, 0.25) is 0 Å². The predicted octanol–water partition coefficient (Wildman–Crippen LogP) is 2.10. The molecule has 1 aliphatic carbocycles. The molecule has 2 heterocycles. The highest BCUT2D eigenvalue weighted by molar-refractivity contribution is 5.89. The van der Waals surface area contributed by atoms with Crippen LogP contribution in [0.4, 0.5) is 0 Å². The highest BCUT2D eigenvalue weighted by atomic mass is 35.5. The van der Waals surface area contributed by atoms with Crippen molar-refractivity contribution < 1.29 is 14.3 Å². The zero-order valence-electron chi connectivity index (χ0n) is 17.4. The minimum Gasteiger partial charge on any atom is -0.378 e. The Kier molecular flexibility index (Phi) is 8.37. The predicted molar refractivity (Wildman–Crippen MR) is 113 cm³/mol. The molecule has 0 radical (unpaired) electrons. The van der Waals surface area contributed by atoms with Crippen LogP contribution in [0.3, 0.4) is 0 Å². The minimum atomic E-state index is -0.868. The topological polar surface area (TPSA) is 82.6 Å². The summed E-state index contributed by atoms with van der Waals surface area (Å²) in [5, 5.41) is 4.50. The van der Waals surface area contributed by atoms with E-state index in [1.807, 2.05) is 50.3 Å². The zero-order valence-corrected chi connectivity index (χ0v) is 19.1. The average molecular weight is 437 g/mol. The van der Waals surface area contributed by atoms with Crippen molar-refractivity contribution in [3.8, 4) is 0 Å². The number of nitrogens with two attached hydrogens (primary N) is 1. The van der Waals surface area contributed by atoms with Crippen LogP contribution >= 0.6 is 24.8 Å². The molecule has 3 unspecified atom stereocenters. The SMILES string of the molecule is CCOC1CC(N)(C(=O)N2CCOC(Cn3nc(C)cc3C)C2)C1(C)C.Cl.Cl. The summed E-state index contributed by atoms with van der Waals surface area (Å²) in [6.45, 7) is 13.0. The number of aromatic nitrogens is 2. The number of nitrogens with zero attached hydrogens (tertiary/aromatic N) is 3. The standard InChI is InChI=1S/C19H32N4O3.2ClH/c1-6-25-16-10-19(20,18(16,4)5)17(24)22-7-8-26-15(11-22)12-23-14(3)9-13(2)21-23;;/h9,15-16H,6-8,10-12,20H2,1-5H3;2*1H. The van der Waals surface area contributed by atoms with E-state index in [0.29, 0.717) is 39.3 Å². The number of halogens is 2. The molecular weight excluding hydrogens is 403 g/mol. The summed E-state index contributed by atoms with van der Waals surface area (Å²) in [5.74, 6) is 0.0140. The molecule has 9 heteroatoms. The van der Waals surface area contributed by atoms with E-state index >= 15 is 0 Å². The van der Waals surface area contributed by atoms with Crippen LogP contribution in [0.15, 0.2) is 6.07 Å². The first kappa shape index (κ1) is 25.2. The van der Waals surface area contributed by atoms with Crippen molar-refractivity contribution in [3.05, 3.63) is 17.5 Å². The van der Waals surface area contributed by atoms with Gasteiger partial charge in [0.05, 0.1) is 31.1 Å². The normalized spacial score (nSPS) is 28.7. The molecule has 1 saturated heterocycles. The lowest BCUT2D eigenvalue weighted by Crippen LogP contribution is -2.76. The van der Waals surface area contributed by atoms with Gasteiger partial charge in [0.15, 0.2) is 0 Å². The first-order valence-corrected chi connectivity index (χ1v) is 9.51. The molecule has 2 aliphatic rings. The second-order valence-electron chi connectivity index (χ2n) is 8.19. The molecule has 0 spiro atoms. The molecule has 1 aromatic heterocycles. The van der Waals surface area contributed by atoms with E-state index in [-0.39, 0.29) is 48.3 Å². The van der Waals surface area contributed by atoms with E-state index in [4.69, 9.17) is 15.2 Å². The maximum absolute atomic E-state index is 13.2. The Balaban J connectivity index is 0.00000196. The monoisotopic (exact) mass is 436 g/mol. The fourth-order valence-electron chi connectivity index (χ4n) is 4.15. The number of carbonyl (C=O) groups is 1. The molecule has 3 rings (SSSR count). The Morgan fingerprint density at radius 1 is 1.39 bits per heavy atom. The molecule has 0 bridgehead atoms. The fourth-order valence-corrected chi connectivity index (χ4v) is 4.15. The van der Waals surface area contributed by atoms with Crippen LogP contribution in [0.25, 0.3) is 0 Å². The van der Waals surface area contributed by atoms with E-state index in [9.17, 15) is 4.79 Å². The van der Waals surface area contributed by atoms with Crippen LogP contribution in [-0.2, 0) is 20.8 Å². The van der Waals surface area contributed by atoms with Crippen molar-refractivity contribution in [1.82, 2.24) is 14.7 Å². The molecule has 162 valence electrons. The van der Waals surface area contributed by atoms with Gasteiger partial charge in [-0.3, -0.25) is 9.48 Å². The van der Waals surface area contributed by atoms with Gasteiger partial charge in [-0.15, -0.1) is 24.8 Å². The molecule has 0 aromatic carbocycles. The molecule has 2 N–H and O–H groups in total. The van der Waals surface area contributed by atoms with Gasteiger partial charge in [0.1, 0.15) is 5.54 Å². The van der Waals surface area contributed by atoms with Crippen molar-refractivity contribution in [3.63, 3.8) is 0 Å². The summed E-state index contributed by atoms with van der Waals surface area (Å²) in [7, 11) is 0. The largest absolute Gasteiger partial charge is 0.378 e. The summed E-state index contributed by atoms with van der Waals surface area (Å²) in [6, 6.07) is 2.05. The molecule has 2 fully saturated rings. The van der Waals surface area contributed by atoms with Crippen LogP contribution in [0.5, 0.6) is 0 Å². The molecule has 7 nitrogen and oxygen atoms in total. The van der Waals surface area contributed by atoms with Gasteiger partial charge in [-0.1, -0.05) is 13.8 Å². The Morgan fingerprint density at radius 3 is 2.61 bits per heavy atom. The van der Waals surface area contributed by atoms with Crippen LogP contribution in [-0.4, -0.2) is 64.6 Å². The summed E-state index contributed by atoms with van der Waals surface area (Å²) in [4.78, 5) is 15.1. The van der Waals surface area contributed by atoms with E-state index in [1.165, 1.54) is 0 Å². The molecule has 1 saturated carbocycles. The molecule has 1 aromatic rings. The van der Waals surface area contributed by atoms with Gasteiger partial charge in [-0.25, -0.2) is 0 Å². The van der Waals surface area contributed by atoms with Crippen molar-refractivity contribution in [2.75, 3.05) is 26.3 Å². The summed E-state index contributed by atoms with van der Waals surface area (Å²) < 4.78 is 13.6. The molecule has 1 amide bonds. The lowest BCUT2D eigenvalue weighted by Gasteiger charge is -2.59. The highest BCUT2D eigenvalue weighted by Gasteiger charge is 2.63. The van der Waals surface area contributed by atoms with Gasteiger partial charge in [0.2, 0.25) is 5.91 Å². The maximum Gasteiger partial charge on any atom is 0.243 e. The van der Waals surface area contributed by atoms with Gasteiger partial charge < -0.3 is 20.1 Å². The van der Waals surface area contributed by atoms with Crippen molar-refractivity contribution >= 4 is 30.7 Å². The van der Waals surface area contributed by atoms with Gasteiger partial charge in [0, 0.05) is 37.2 Å². The number of morpholine rings is 1. The lowest BCUT2D eigenvalue weighted by atomic mass is 9.54. The molecular formula is C19H34Cl2N4O3. The van der Waals surface area contributed by atoms with Crippen molar-refractivity contribution in [2.45, 2.75) is 65.3 Å². The van der Waals surface area contributed by atoms with Crippen LogP contribution in [0.1, 0.15) is 38.6 Å². The maximum atomic E-state index is 13.2. The Hall–Kier alpha value is -0.860. The third-order valence-corrected chi connectivity index (χ3v) is 6.12. The number of aryl methyl sites for hydroxylation is 2.